The number of benzene rings is 1. The first-order valence-electron chi connectivity index (χ1n) is 8.43. The van der Waals surface area contributed by atoms with Gasteiger partial charge >= 0.3 is 6.03 Å². The Balaban J connectivity index is 1.69. The molecular formula is C18H26N2O2. The standard InChI is InChI=1S/C18H26N2O2/c1-13-17-9-8-16(22-2)12-14(17)10-11-20(13)18(21)19-15-6-4-3-5-7-15/h8-9,12-13,15H,3-7,10-11H2,1-2H3,(H,19,21). The number of hydrogen-bond acceptors (Lipinski definition) is 2. The molecular weight excluding hydrogens is 276 g/mol. The number of carbonyl (C=O) groups is 1. The predicted molar refractivity (Wildman–Crippen MR) is 87.2 cm³/mol. The van der Waals surface area contributed by atoms with Crippen molar-refractivity contribution >= 4 is 6.03 Å². The fourth-order valence-corrected chi connectivity index (χ4v) is 3.72. The number of ether oxygens (including phenoxy) is 1. The topological polar surface area (TPSA) is 41.6 Å². The van der Waals surface area contributed by atoms with E-state index in [0.717, 1.165) is 31.6 Å². The fraction of sp³-hybridized carbons (Fsp3) is 0.611. The van der Waals surface area contributed by atoms with Crippen LogP contribution in [0.5, 0.6) is 5.75 Å². The Bertz CT molecular complexity index is 538. The molecule has 1 fully saturated rings. The molecule has 2 amide bonds. The van der Waals surface area contributed by atoms with Gasteiger partial charge in [0.2, 0.25) is 0 Å². The minimum absolute atomic E-state index is 0.0980. The Hall–Kier alpha value is -1.71. The maximum Gasteiger partial charge on any atom is 0.318 e. The number of nitrogens with one attached hydrogen (secondary N) is 1. The first-order valence-corrected chi connectivity index (χ1v) is 8.43. The van der Waals surface area contributed by atoms with Crippen molar-refractivity contribution in [2.24, 2.45) is 0 Å². The van der Waals surface area contributed by atoms with Gasteiger partial charge in [-0.1, -0.05) is 25.3 Å². The summed E-state index contributed by atoms with van der Waals surface area (Å²) in [7, 11) is 1.69. The molecule has 1 N–H and O–H groups in total. The van der Waals surface area contributed by atoms with Crippen LogP contribution in [0.15, 0.2) is 18.2 Å². The molecule has 2 aliphatic rings. The van der Waals surface area contributed by atoms with Crippen molar-refractivity contribution in [1.82, 2.24) is 10.2 Å². The highest BCUT2D eigenvalue weighted by atomic mass is 16.5. The number of hydrogen-bond donors (Lipinski definition) is 1. The van der Waals surface area contributed by atoms with E-state index in [1.54, 1.807) is 7.11 Å². The van der Waals surface area contributed by atoms with Gasteiger partial charge in [-0.15, -0.1) is 0 Å². The summed E-state index contributed by atoms with van der Waals surface area (Å²) in [6.07, 6.45) is 6.94. The van der Waals surface area contributed by atoms with E-state index < -0.39 is 0 Å². The zero-order valence-corrected chi connectivity index (χ0v) is 13.6. The van der Waals surface area contributed by atoms with E-state index in [1.807, 2.05) is 11.0 Å². The van der Waals surface area contributed by atoms with E-state index in [2.05, 4.69) is 24.4 Å². The summed E-state index contributed by atoms with van der Waals surface area (Å²) < 4.78 is 5.30. The number of urea groups is 1. The van der Waals surface area contributed by atoms with Gasteiger partial charge in [-0.05, 0) is 49.4 Å². The highest BCUT2D eigenvalue weighted by Crippen LogP contribution is 2.32. The lowest BCUT2D eigenvalue weighted by molar-refractivity contribution is 0.168. The fourth-order valence-electron chi connectivity index (χ4n) is 3.72. The summed E-state index contributed by atoms with van der Waals surface area (Å²) in [6.45, 7) is 2.89. The number of amides is 2. The molecule has 3 rings (SSSR count). The van der Waals surface area contributed by atoms with Gasteiger partial charge in [0.25, 0.3) is 0 Å². The maximum atomic E-state index is 12.6. The molecule has 4 nitrogen and oxygen atoms in total. The molecule has 0 radical (unpaired) electrons. The number of methoxy groups -OCH3 is 1. The SMILES string of the molecule is COc1ccc2c(c1)CCN(C(=O)NC1CCCCC1)C2C. The van der Waals surface area contributed by atoms with E-state index in [-0.39, 0.29) is 12.1 Å². The van der Waals surface area contributed by atoms with Crippen molar-refractivity contribution in [3.05, 3.63) is 29.3 Å². The highest BCUT2D eigenvalue weighted by Gasteiger charge is 2.29. The van der Waals surface area contributed by atoms with Crippen molar-refractivity contribution < 1.29 is 9.53 Å². The summed E-state index contributed by atoms with van der Waals surface area (Å²) in [5, 5.41) is 3.23. The van der Waals surface area contributed by atoms with Crippen molar-refractivity contribution in [3.63, 3.8) is 0 Å². The molecule has 1 aromatic carbocycles. The Morgan fingerprint density at radius 3 is 2.77 bits per heavy atom. The van der Waals surface area contributed by atoms with Crippen LogP contribution in [-0.2, 0) is 6.42 Å². The van der Waals surface area contributed by atoms with Crippen LogP contribution < -0.4 is 10.1 Å². The molecule has 1 aliphatic heterocycles. The number of fused-ring (bicyclic) bond motifs is 1. The third-order valence-electron chi connectivity index (χ3n) is 5.08. The lowest BCUT2D eigenvalue weighted by atomic mass is 9.93. The van der Waals surface area contributed by atoms with Crippen molar-refractivity contribution in [3.8, 4) is 5.75 Å². The van der Waals surface area contributed by atoms with Gasteiger partial charge in [-0.2, -0.15) is 0 Å². The number of nitrogens with zero attached hydrogens (tertiary/aromatic N) is 1. The molecule has 4 heteroatoms. The molecule has 22 heavy (non-hydrogen) atoms. The average molecular weight is 302 g/mol. The second kappa shape index (κ2) is 6.59. The largest absolute Gasteiger partial charge is 0.497 e. The summed E-state index contributed by atoms with van der Waals surface area (Å²) in [6, 6.07) is 6.77. The van der Waals surface area contributed by atoms with Crippen LogP contribution in [-0.4, -0.2) is 30.6 Å². The van der Waals surface area contributed by atoms with Gasteiger partial charge in [-0.3, -0.25) is 0 Å². The Morgan fingerprint density at radius 2 is 2.05 bits per heavy atom. The van der Waals surface area contributed by atoms with Gasteiger partial charge in [0.1, 0.15) is 5.75 Å². The molecule has 120 valence electrons. The normalized spacial score (nSPS) is 22.1. The van der Waals surface area contributed by atoms with Gasteiger partial charge in [0, 0.05) is 12.6 Å². The number of rotatable bonds is 2. The van der Waals surface area contributed by atoms with Crippen LogP contribution in [0.3, 0.4) is 0 Å². The second-order valence-corrected chi connectivity index (χ2v) is 6.47. The van der Waals surface area contributed by atoms with E-state index in [9.17, 15) is 4.79 Å². The van der Waals surface area contributed by atoms with E-state index in [1.165, 1.54) is 30.4 Å². The van der Waals surface area contributed by atoms with E-state index >= 15 is 0 Å². The maximum absolute atomic E-state index is 12.6. The van der Waals surface area contributed by atoms with Crippen LogP contribution in [0.25, 0.3) is 0 Å². The summed E-state index contributed by atoms with van der Waals surface area (Å²) in [5.74, 6) is 0.894. The molecule has 0 spiro atoms. The zero-order valence-electron chi connectivity index (χ0n) is 13.6. The van der Waals surface area contributed by atoms with Gasteiger partial charge in [0.05, 0.1) is 13.2 Å². The van der Waals surface area contributed by atoms with Crippen molar-refractivity contribution in [2.45, 2.75) is 57.5 Å². The smallest absolute Gasteiger partial charge is 0.318 e. The Kier molecular flexibility index (Phi) is 4.55. The summed E-state index contributed by atoms with van der Waals surface area (Å²) in [5.41, 5.74) is 2.54. The average Bonchev–Trinajstić information content (AvgIpc) is 2.55. The van der Waals surface area contributed by atoms with Crippen molar-refractivity contribution in [2.75, 3.05) is 13.7 Å². The molecule has 1 heterocycles. The van der Waals surface area contributed by atoms with Gasteiger partial charge in [0.15, 0.2) is 0 Å². The second-order valence-electron chi connectivity index (χ2n) is 6.47. The minimum Gasteiger partial charge on any atom is -0.497 e. The molecule has 1 unspecified atom stereocenters. The minimum atomic E-state index is 0.0980. The predicted octanol–water partition coefficient (Wildman–Crippen LogP) is 3.66. The highest BCUT2D eigenvalue weighted by molar-refractivity contribution is 5.75. The molecule has 0 aromatic heterocycles. The molecule has 1 aromatic rings. The molecule has 0 bridgehead atoms. The lowest BCUT2D eigenvalue weighted by Gasteiger charge is -2.37. The van der Waals surface area contributed by atoms with Crippen LogP contribution in [0.4, 0.5) is 4.79 Å². The van der Waals surface area contributed by atoms with Gasteiger partial charge < -0.3 is 15.0 Å². The van der Waals surface area contributed by atoms with Crippen LogP contribution >= 0.6 is 0 Å². The van der Waals surface area contributed by atoms with Crippen LogP contribution in [0.1, 0.15) is 56.2 Å². The summed E-state index contributed by atoms with van der Waals surface area (Å²) >= 11 is 0. The van der Waals surface area contributed by atoms with E-state index in [4.69, 9.17) is 4.74 Å². The monoisotopic (exact) mass is 302 g/mol. The quantitative estimate of drug-likeness (QED) is 0.906. The Labute approximate surface area is 132 Å². The molecule has 1 aliphatic carbocycles. The summed E-state index contributed by atoms with van der Waals surface area (Å²) in [4.78, 5) is 14.6. The van der Waals surface area contributed by atoms with Crippen LogP contribution in [0, 0.1) is 0 Å². The first-order chi connectivity index (χ1) is 10.7. The molecule has 0 saturated heterocycles. The number of carbonyl (C=O) groups excluding carboxylic acids is 1. The van der Waals surface area contributed by atoms with Crippen LogP contribution in [0.2, 0.25) is 0 Å². The third kappa shape index (κ3) is 3.06. The third-order valence-corrected chi connectivity index (χ3v) is 5.08. The molecule has 1 atom stereocenters. The lowest BCUT2D eigenvalue weighted by Crippen LogP contribution is -2.48. The molecule has 1 saturated carbocycles. The van der Waals surface area contributed by atoms with Gasteiger partial charge in [-0.25, -0.2) is 4.79 Å². The first kappa shape index (κ1) is 15.2. The van der Waals surface area contributed by atoms with Crippen molar-refractivity contribution in [1.29, 1.82) is 0 Å². The van der Waals surface area contributed by atoms with E-state index in [0.29, 0.717) is 6.04 Å². The zero-order chi connectivity index (χ0) is 15.5. The Morgan fingerprint density at radius 1 is 1.27 bits per heavy atom.